The molecule has 0 N–H and O–H groups in total. The third kappa shape index (κ3) is 11.1. The van der Waals surface area contributed by atoms with Crippen molar-refractivity contribution in [3.8, 4) is 11.5 Å². The Morgan fingerprint density at radius 1 is 0.769 bits per heavy atom. The number of esters is 5. The summed E-state index contributed by atoms with van der Waals surface area (Å²) in [5.74, 6) is -2.86. The molecule has 3 aromatic rings. The van der Waals surface area contributed by atoms with Crippen molar-refractivity contribution in [1.82, 2.24) is 0 Å². The van der Waals surface area contributed by atoms with Crippen LogP contribution in [0.5, 0.6) is 11.5 Å². The summed E-state index contributed by atoms with van der Waals surface area (Å²) < 4.78 is 50.5. The van der Waals surface area contributed by atoms with Gasteiger partial charge in [-0.15, -0.1) is 11.3 Å². The summed E-state index contributed by atoms with van der Waals surface area (Å²) in [6.45, 7) is 7.77. The molecule has 1 fully saturated rings. The molecule has 0 unspecified atom stereocenters. The Labute approximate surface area is 303 Å². The number of carbonyl (C=O) groups is 6. The van der Waals surface area contributed by atoms with Crippen LogP contribution in [0.15, 0.2) is 42.5 Å². The Kier molecular flexibility index (Phi) is 13.9. The molecule has 0 saturated carbocycles. The molecule has 0 spiro atoms. The van der Waals surface area contributed by atoms with E-state index in [-0.39, 0.29) is 31.4 Å². The van der Waals surface area contributed by atoms with Crippen molar-refractivity contribution in [2.75, 3.05) is 13.2 Å². The average molecular weight is 745 g/mol. The zero-order valence-electron chi connectivity index (χ0n) is 29.5. The minimum atomic E-state index is -1.49. The Morgan fingerprint density at radius 2 is 1.42 bits per heavy atom. The van der Waals surface area contributed by atoms with Crippen molar-refractivity contribution in [3.63, 3.8) is 0 Å². The molecule has 16 heteroatoms. The summed E-state index contributed by atoms with van der Waals surface area (Å²) in [6.07, 6.45) is -7.46. The van der Waals surface area contributed by atoms with Crippen LogP contribution in [0.1, 0.15) is 57.0 Å². The quantitative estimate of drug-likeness (QED) is 0.123. The van der Waals surface area contributed by atoms with Crippen molar-refractivity contribution >= 4 is 57.4 Å². The first kappa shape index (κ1) is 39.6. The molecule has 0 bridgehead atoms. The van der Waals surface area contributed by atoms with Crippen molar-refractivity contribution in [2.24, 2.45) is 0 Å². The zero-order valence-corrected chi connectivity index (χ0v) is 30.3. The number of aryl methyl sites for hydroxylation is 2. The molecule has 0 radical (unpaired) electrons. The molecule has 52 heavy (non-hydrogen) atoms. The molecule has 1 saturated heterocycles. The summed E-state index contributed by atoms with van der Waals surface area (Å²) in [6, 6.07) is 11.9. The van der Waals surface area contributed by atoms with Gasteiger partial charge in [-0.3, -0.25) is 24.0 Å². The highest BCUT2D eigenvalue weighted by molar-refractivity contribution is 7.19. The second kappa shape index (κ2) is 18.3. The molecular weight excluding hydrogens is 704 g/mol. The van der Waals surface area contributed by atoms with Crippen molar-refractivity contribution in [2.45, 2.75) is 91.7 Å². The lowest BCUT2D eigenvalue weighted by molar-refractivity contribution is -0.288. The van der Waals surface area contributed by atoms with E-state index in [1.165, 1.54) is 18.3 Å². The number of fused-ring (bicyclic) bond motifs is 1. The highest BCUT2D eigenvalue weighted by atomic mass is 32.1. The van der Waals surface area contributed by atoms with Crippen LogP contribution < -0.4 is 9.47 Å². The van der Waals surface area contributed by atoms with Crippen LogP contribution in [-0.4, -0.2) is 79.9 Å². The van der Waals surface area contributed by atoms with Gasteiger partial charge in [-0.1, -0.05) is 23.8 Å². The predicted octanol–water partition coefficient (Wildman–Crippen LogP) is 4.88. The van der Waals surface area contributed by atoms with Crippen LogP contribution in [0.4, 0.5) is 4.79 Å². The first-order valence-corrected chi connectivity index (χ1v) is 17.1. The lowest BCUT2D eigenvalue weighted by atomic mass is 9.98. The number of rotatable bonds is 14. The lowest BCUT2D eigenvalue weighted by Gasteiger charge is -2.44. The van der Waals surface area contributed by atoms with Crippen LogP contribution in [0, 0.1) is 6.92 Å². The van der Waals surface area contributed by atoms with E-state index in [9.17, 15) is 28.8 Å². The number of hydrogen-bond acceptors (Lipinski definition) is 16. The SMILES string of the molecule is CCOC(=O)CCc1cc2c(O[C@@H]3O[C@H](COC(C)=O)[C@H](OC(C)=O)[C@H](OC(C)=O)[C@H]3OC(C)=O)ccc(COC(=O)Oc3ccc(C)cc3)c2s1. The minimum absolute atomic E-state index is 0.102. The average Bonchev–Trinajstić information content (AvgIpc) is 3.51. The standard InChI is InChI=1S/C36H40O15S/c1-7-43-30(41)15-13-26-16-27-28(14-10-24(34(27)52-26)17-45-36(42)49-25-11-8-19(2)9-12-25)50-35-33(48-23(6)40)32(47-22(5)39)31(46-21(4)38)29(51-35)18-44-20(3)37/h8-12,14,16,29,31-33,35H,7,13,15,17-18H2,1-6H3/t29-,31+,32+,33-,35-/m1/s1. The molecule has 4 rings (SSSR count). The van der Waals surface area contributed by atoms with Crippen molar-refractivity contribution in [3.05, 3.63) is 58.5 Å². The summed E-state index contributed by atoms with van der Waals surface area (Å²) in [4.78, 5) is 73.9. The Hall–Kier alpha value is -5.22. The predicted molar refractivity (Wildman–Crippen MR) is 181 cm³/mol. The molecule has 0 aliphatic carbocycles. The van der Waals surface area contributed by atoms with Crippen LogP contribution in [0.3, 0.4) is 0 Å². The van der Waals surface area contributed by atoms with Gasteiger partial charge >= 0.3 is 36.0 Å². The molecule has 280 valence electrons. The number of ether oxygens (including phenoxy) is 9. The first-order chi connectivity index (χ1) is 24.7. The van der Waals surface area contributed by atoms with Gasteiger partial charge < -0.3 is 42.6 Å². The summed E-state index contributed by atoms with van der Waals surface area (Å²) >= 11 is 1.33. The Morgan fingerprint density at radius 3 is 2.06 bits per heavy atom. The number of hydrogen-bond donors (Lipinski definition) is 0. The van der Waals surface area contributed by atoms with Crippen molar-refractivity contribution < 1.29 is 71.4 Å². The second-order valence-electron chi connectivity index (χ2n) is 11.6. The fourth-order valence-corrected chi connectivity index (χ4v) is 6.45. The van der Waals surface area contributed by atoms with Gasteiger partial charge in [0.15, 0.2) is 12.2 Å². The zero-order chi connectivity index (χ0) is 37.9. The molecule has 0 amide bonds. The molecule has 15 nitrogen and oxygen atoms in total. The van der Waals surface area contributed by atoms with Crippen LogP contribution >= 0.6 is 11.3 Å². The normalized spacial score (nSPS) is 19.5. The first-order valence-electron chi connectivity index (χ1n) is 16.3. The van der Waals surface area contributed by atoms with E-state index in [1.54, 1.807) is 49.4 Å². The molecular formula is C36H40O15S. The topological polar surface area (TPSA) is 185 Å². The maximum atomic E-state index is 12.6. The molecule has 2 heterocycles. The third-order valence-electron chi connectivity index (χ3n) is 7.42. The maximum Gasteiger partial charge on any atom is 0.514 e. The van der Waals surface area contributed by atoms with E-state index >= 15 is 0 Å². The van der Waals surface area contributed by atoms with Crippen molar-refractivity contribution in [1.29, 1.82) is 0 Å². The van der Waals surface area contributed by atoms with Crippen LogP contribution in [0.2, 0.25) is 0 Å². The highest BCUT2D eigenvalue weighted by Gasteiger charge is 2.53. The van der Waals surface area contributed by atoms with Gasteiger partial charge in [0.2, 0.25) is 12.4 Å². The molecule has 2 aromatic carbocycles. The third-order valence-corrected chi connectivity index (χ3v) is 8.69. The fraction of sp³-hybridized carbons (Fsp3) is 0.444. The molecule has 1 aliphatic heterocycles. The number of thiophene rings is 1. The Balaban J connectivity index is 1.70. The van der Waals surface area contributed by atoms with E-state index in [0.717, 1.165) is 31.2 Å². The monoisotopic (exact) mass is 744 g/mol. The van der Waals surface area contributed by atoms with Gasteiger partial charge in [-0.2, -0.15) is 0 Å². The minimum Gasteiger partial charge on any atom is -0.466 e. The van der Waals surface area contributed by atoms with E-state index < -0.39 is 67.3 Å². The van der Waals surface area contributed by atoms with Gasteiger partial charge in [-0.25, -0.2) is 4.79 Å². The maximum absolute atomic E-state index is 12.6. The largest absolute Gasteiger partial charge is 0.514 e. The van der Waals surface area contributed by atoms with E-state index in [1.807, 2.05) is 6.92 Å². The summed E-state index contributed by atoms with van der Waals surface area (Å²) in [5, 5.41) is 0.518. The van der Waals surface area contributed by atoms with Gasteiger partial charge in [-0.05, 0) is 44.5 Å². The smallest absolute Gasteiger partial charge is 0.466 e. The van der Waals surface area contributed by atoms with E-state index in [2.05, 4.69) is 0 Å². The van der Waals surface area contributed by atoms with Gasteiger partial charge in [0.25, 0.3) is 0 Å². The molecule has 5 atom stereocenters. The highest BCUT2D eigenvalue weighted by Crippen LogP contribution is 2.39. The van der Waals surface area contributed by atoms with Crippen LogP contribution in [-0.2, 0) is 70.2 Å². The Bertz CT molecular complexity index is 1760. The van der Waals surface area contributed by atoms with Gasteiger partial charge in [0.1, 0.15) is 30.8 Å². The van der Waals surface area contributed by atoms with Gasteiger partial charge in [0, 0.05) is 48.2 Å². The number of carbonyl (C=O) groups excluding carboxylic acids is 6. The number of benzene rings is 2. The van der Waals surface area contributed by atoms with Crippen LogP contribution in [0.25, 0.3) is 10.1 Å². The fourth-order valence-electron chi connectivity index (χ4n) is 5.28. The van der Waals surface area contributed by atoms with E-state index in [4.69, 9.17) is 42.6 Å². The lowest BCUT2D eigenvalue weighted by Crippen LogP contribution is -2.63. The summed E-state index contributed by atoms with van der Waals surface area (Å²) in [5.41, 5.74) is 1.57. The van der Waals surface area contributed by atoms with Gasteiger partial charge in [0.05, 0.1) is 13.0 Å². The molecule has 1 aromatic heterocycles. The molecule has 1 aliphatic rings. The second-order valence-corrected chi connectivity index (χ2v) is 12.8. The summed E-state index contributed by atoms with van der Waals surface area (Å²) in [7, 11) is 0. The van der Waals surface area contributed by atoms with E-state index in [0.29, 0.717) is 27.8 Å².